The quantitative estimate of drug-likeness (QED) is 0.0665. The van der Waals surface area contributed by atoms with Crippen molar-refractivity contribution >= 4 is 26.6 Å². The Morgan fingerprint density at radius 2 is 1.67 bits per heavy atom. The van der Waals surface area contributed by atoms with Crippen LogP contribution in [0.2, 0.25) is 0 Å². The lowest BCUT2D eigenvalue weighted by molar-refractivity contribution is -0.272. The molecule has 1 unspecified atom stereocenters. The number of carbonyl (C=O) groups excluding carboxylic acids is 1. The average Bonchev–Trinajstić information content (AvgIpc) is 3.36. The van der Waals surface area contributed by atoms with Crippen molar-refractivity contribution in [2.24, 2.45) is 0 Å². The molecule has 20 nitrogen and oxygen atoms in total. The molecule has 51 heavy (non-hydrogen) atoms. The smallest absolute Gasteiger partial charge is 0.394 e. The number of hydroxylamine groups is 1. The van der Waals surface area contributed by atoms with Crippen molar-refractivity contribution in [1.82, 2.24) is 15.0 Å². The molecule has 2 aromatic carbocycles. The zero-order valence-corrected chi connectivity index (χ0v) is 28.1. The predicted molar refractivity (Wildman–Crippen MR) is 171 cm³/mol. The maximum Gasteiger partial charge on any atom is 0.477 e. The first kappa shape index (κ1) is 38.8. The van der Waals surface area contributed by atoms with Gasteiger partial charge in [0.2, 0.25) is 5.91 Å². The Kier molecular flexibility index (Phi) is 12.2. The van der Waals surface area contributed by atoms with Crippen LogP contribution in [0.15, 0.2) is 70.4 Å². The minimum atomic E-state index is -5.46. The van der Waals surface area contributed by atoms with E-state index in [-0.39, 0.29) is 18.1 Å². The molecule has 0 radical (unpaired) electrons. The maximum atomic E-state index is 13.9. The number of carbonyl (C=O) groups is 1. The van der Waals surface area contributed by atoms with Crippen molar-refractivity contribution < 1.29 is 72.4 Å². The molecular weight excluding hydrogens is 724 g/mol. The number of aromatic nitrogens is 2. The van der Waals surface area contributed by atoms with Crippen LogP contribution >= 0.6 is 15.4 Å². The van der Waals surface area contributed by atoms with Crippen LogP contribution < -0.4 is 22.0 Å². The number of amides is 1. The second-order valence-corrected chi connectivity index (χ2v) is 15.0. The Bertz CT molecular complexity index is 1900. The number of benzene rings is 2. The molecule has 5 rings (SSSR count). The van der Waals surface area contributed by atoms with E-state index in [9.17, 15) is 58.8 Å². The van der Waals surface area contributed by atoms with E-state index < -0.39 is 94.9 Å². The molecule has 9 atom stereocenters. The highest BCUT2D eigenvalue weighted by molar-refractivity contribution is 7.69. The molecule has 0 bridgehead atoms. The number of H-pyrrole nitrogens is 1. The van der Waals surface area contributed by atoms with Crippen molar-refractivity contribution in [3.8, 4) is 11.1 Å². The van der Waals surface area contributed by atoms with Crippen molar-refractivity contribution in [1.29, 1.82) is 0 Å². The molecule has 1 aromatic heterocycles. The van der Waals surface area contributed by atoms with E-state index in [4.69, 9.17) is 18.8 Å². The van der Waals surface area contributed by atoms with Gasteiger partial charge in [0.25, 0.3) is 5.56 Å². The van der Waals surface area contributed by atoms with Gasteiger partial charge in [0.1, 0.15) is 30.5 Å². The molecular formula is C29H35N3O17P2. The first-order chi connectivity index (χ1) is 24.1. The summed E-state index contributed by atoms with van der Waals surface area (Å²) in [6.07, 6.45) is -10.4. The Morgan fingerprint density at radius 3 is 2.33 bits per heavy atom. The van der Waals surface area contributed by atoms with Gasteiger partial charge in [-0.3, -0.25) is 23.7 Å². The number of nitrogens with zero attached hydrogens (tertiary/aromatic N) is 1. The summed E-state index contributed by atoms with van der Waals surface area (Å²) >= 11 is 0. The van der Waals surface area contributed by atoms with E-state index in [2.05, 4.69) is 9.79 Å². The molecule has 2 fully saturated rings. The van der Waals surface area contributed by atoms with Gasteiger partial charge >= 0.3 is 21.1 Å². The normalized spacial score (nSPS) is 27.9. The number of rotatable bonds is 13. The first-order valence-corrected chi connectivity index (χ1v) is 18.3. The van der Waals surface area contributed by atoms with Crippen molar-refractivity contribution in [2.45, 2.75) is 62.0 Å². The minimum Gasteiger partial charge on any atom is -0.394 e. The summed E-state index contributed by atoms with van der Waals surface area (Å²) in [5, 5.41) is 49.7. The molecule has 22 heteroatoms. The number of phosphoric acid groups is 1. The standard InChI is InChI=1S/C29H35N3O17P2/c33-13-20-25(37)19(34)12-24(46-20)48-31-23(36)10-15-4-6-16(7-5-15)17-2-1-3-18(11-17)50(41,49-51(42,43)44)45-14-21-26(38)27(39)28(47-21)32-9-8-22(35)30-29(32)40/h1-9,11,19-21,24-28,33-34,37-39H,10,12-14H2,(H,31,36)(H,30,35,40)(H2,42,43,44)/t19-,20-,21-,24-,25+,26-,27-,28-,50?/m1/s1. The molecule has 2 saturated heterocycles. The van der Waals surface area contributed by atoms with Crippen molar-refractivity contribution in [3.63, 3.8) is 0 Å². The lowest BCUT2D eigenvalue weighted by Crippen LogP contribution is -2.51. The van der Waals surface area contributed by atoms with Gasteiger partial charge in [0.05, 0.1) is 31.0 Å². The number of hydrogen-bond donors (Lipinski definition) is 9. The van der Waals surface area contributed by atoms with E-state index >= 15 is 0 Å². The highest BCUT2D eigenvalue weighted by atomic mass is 31.3. The predicted octanol–water partition coefficient (Wildman–Crippen LogP) is -2.11. The number of aromatic amines is 1. The van der Waals surface area contributed by atoms with Gasteiger partial charge in [0.15, 0.2) is 12.5 Å². The third kappa shape index (κ3) is 9.52. The summed E-state index contributed by atoms with van der Waals surface area (Å²) < 4.78 is 47.4. The Labute approximate surface area is 287 Å². The van der Waals surface area contributed by atoms with Gasteiger partial charge in [-0.05, 0) is 28.8 Å². The van der Waals surface area contributed by atoms with Gasteiger partial charge in [-0.2, -0.15) is 0 Å². The van der Waals surface area contributed by atoms with Crippen LogP contribution in [0.5, 0.6) is 0 Å². The fourth-order valence-electron chi connectivity index (χ4n) is 5.35. The molecule has 3 aromatic rings. The Morgan fingerprint density at radius 1 is 0.941 bits per heavy atom. The van der Waals surface area contributed by atoms with Crippen LogP contribution in [0.1, 0.15) is 18.2 Å². The molecule has 0 spiro atoms. The molecule has 9 N–H and O–H groups in total. The van der Waals surface area contributed by atoms with Crippen LogP contribution in [-0.4, -0.2) is 107 Å². The topological polar surface area (TPSA) is 306 Å². The SMILES string of the molecule is O=C(Cc1ccc(-c2cccc(P(=O)(OC[C@H]3O[C@@H](n4ccc(=O)[nH]c4=O)[C@H](O)[C@@H]3O)OP(=O)(O)O)c2)cc1)NO[C@@H]1C[C@@H](O)[C@H](O)[C@@H](CO)O1. The average molecular weight is 760 g/mol. The third-order valence-electron chi connectivity index (χ3n) is 7.92. The van der Waals surface area contributed by atoms with E-state index in [1.165, 1.54) is 18.2 Å². The van der Waals surface area contributed by atoms with E-state index in [1.54, 1.807) is 30.3 Å². The van der Waals surface area contributed by atoms with Crippen molar-refractivity contribution in [2.75, 3.05) is 13.2 Å². The lowest BCUT2D eigenvalue weighted by Gasteiger charge is -2.35. The monoisotopic (exact) mass is 759 g/mol. The Balaban J connectivity index is 1.25. The summed E-state index contributed by atoms with van der Waals surface area (Å²) in [7, 11) is -10.3. The summed E-state index contributed by atoms with van der Waals surface area (Å²) in [6.45, 7) is -1.40. The van der Waals surface area contributed by atoms with Gasteiger partial charge in [-0.25, -0.2) is 24.0 Å². The van der Waals surface area contributed by atoms with Crippen LogP contribution in [-0.2, 0) is 43.5 Å². The molecule has 1 amide bonds. The van der Waals surface area contributed by atoms with Gasteiger partial charge in [-0.15, -0.1) is 0 Å². The second kappa shape index (κ2) is 16.1. The van der Waals surface area contributed by atoms with E-state index in [0.29, 0.717) is 16.7 Å². The lowest BCUT2D eigenvalue weighted by atomic mass is 10.0. The van der Waals surface area contributed by atoms with Gasteiger partial charge < -0.3 is 49.3 Å². The third-order valence-corrected chi connectivity index (χ3v) is 11.0. The number of nitrogens with one attached hydrogen (secondary N) is 2. The van der Waals surface area contributed by atoms with Crippen LogP contribution in [0.3, 0.4) is 0 Å². The number of aliphatic hydroxyl groups is 5. The maximum absolute atomic E-state index is 13.9. The van der Waals surface area contributed by atoms with E-state index in [1.807, 2.05) is 4.98 Å². The highest BCUT2D eigenvalue weighted by Gasteiger charge is 2.46. The fraction of sp³-hybridized carbons (Fsp3) is 0.414. The molecule has 0 saturated carbocycles. The van der Waals surface area contributed by atoms with Gasteiger partial charge in [0, 0.05) is 18.7 Å². The summed E-state index contributed by atoms with van der Waals surface area (Å²) in [4.78, 5) is 62.3. The zero-order valence-electron chi connectivity index (χ0n) is 26.3. The van der Waals surface area contributed by atoms with Crippen LogP contribution in [0.4, 0.5) is 0 Å². The molecule has 3 heterocycles. The molecule has 0 aliphatic carbocycles. The van der Waals surface area contributed by atoms with Crippen molar-refractivity contribution in [3.05, 3.63) is 87.2 Å². The van der Waals surface area contributed by atoms with E-state index in [0.717, 1.165) is 16.8 Å². The largest absolute Gasteiger partial charge is 0.477 e. The number of hydrogen-bond acceptors (Lipinski definition) is 15. The van der Waals surface area contributed by atoms with Crippen LogP contribution in [0.25, 0.3) is 11.1 Å². The summed E-state index contributed by atoms with van der Waals surface area (Å²) in [5.41, 5.74) is 1.96. The number of ether oxygens (including phenoxy) is 2. The van der Waals surface area contributed by atoms with Gasteiger partial charge in [-0.1, -0.05) is 36.4 Å². The molecule has 278 valence electrons. The minimum absolute atomic E-state index is 0.149. The fourth-order valence-corrected chi connectivity index (χ4v) is 8.09. The molecule has 2 aliphatic rings. The van der Waals surface area contributed by atoms with Crippen LogP contribution in [0, 0.1) is 0 Å². The zero-order chi connectivity index (χ0) is 37.1. The highest BCUT2D eigenvalue weighted by Crippen LogP contribution is 2.60. The summed E-state index contributed by atoms with van der Waals surface area (Å²) in [6, 6.07) is 12.9. The Hall–Kier alpha value is -3.43. The molecule has 2 aliphatic heterocycles. The summed E-state index contributed by atoms with van der Waals surface area (Å²) in [5.74, 6) is -0.580. The number of aliphatic hydroxyl groups excluding tert-OH is 5. The second-order valence-electron chi connectivity index (χ2n) is 11.6. The first-order valence-electron chi connectivity index (χ1n) is 15.2.